The monoisotopic (exact) mass is 203 g/mol. The van der Waals surface area contributed by atoms with Gasteiger partial charge in [-0.15, -0.1) is 0 Å². The van der Waals surface area contributed by atoms with Crippen LogP contribution in [-0.2, 0) is 11.3 Å². The van der Waals surface area contributed by atoms with Gasteiger partial charge in [0.2, 0.25) is 0 Å². The smallest absolute Gasteiger partial charge is 0.142 e. The molecule has 0 saturated carbocycles. The molecule has 0 heterocycles. The Morgan fingerprint density at radius 2 is 2.23 bits per heavy atom. The van der Waals surface area contributed by atoms with E-state index in [1.807, 2.05) is 6.92 Å². The minimum Gasteiger partial charge on any atom is -0.304 e. The lowest BCUT2D eigenvalue weighted by Gasteiger charge is -2.07. The SMILES string of the molecule is Cc1ccc(F)c(Cl)c1CCON. The fourth-order valence-corrected chi connectivity index (χ4v) is 1.46. The van der Waals surface area contributed by atoms with Crippen LogP contribution < -0.4 is 5.90 Å². The summed E-state index contributed by atoms with van der Waals surface area (Å²) in [6, 6.07) is 3.04. The summed E-state index contributed by atoms with van der Waals surface area (Å²) in [5, 5.41) is 0.164. The van der Waals surface area contributed by atoms with Gasteiger partial charge in [0.1, 0.15) is 5.82 Å². The molecule has 0 aliphatic heterocycles. The molecule has 0 aromatic heterocycles. The highest BCUT2D eigenvalue weighted by Gasteiger charge is 2.08. The number of rotatable bonds is 3. The van der Waals surface area contributed by atoms with Crippen LogP contribution in [0.25, 0.3) is 0 Å². The summed E-state index contributed by atoms with van der Waals surface area (Å²) in [5.74, 6) is 4.47. The second-order valence-corrected chi connectivity index (χ2v) is 3.16. The van der Waals surface area contributed by atoms with Gasteiger partial charge in [-0.1, -0.05) is 17.7 Å². The molecular weight excluding hydrogens is 193 g/mol. The summed E-state index contributed by atoms with van der Waals surface area (Å²) in [5.41, 5.74) is 1.70. The van der Waals surface area contributed by atoms with Gasteiger partial charge < -0.3 is 4.84 Å². The predicted molar refractivity (Wildman–Crippen MR) is 50.0 cm³/mol. The lowest BCUT2D eigenvalue weighted by molar-refractivity contribution is 0.141. The normalized spacial score (nSPS) is 10.5. The number of aryl methyl sites for hydroxylation is 1. The topological polar surface area (TPSA) is 35.2 Å². The first-order valence-electron chi connectivity index (χ1n) is 3.92. The van der Waals surface area contributed by atoms with Gasteiger partial charge in [-0.3, -0.25) is 0 Å². The third-order valence-electron chi connectivity index (χ3n) is 1.90. The molecule has 0 saturated heterocycles. The summed E-state index contributed by atoms with van der Waals surface area (Å²) < 4.78 is 13.0. The van der Waals surface area contributed by atoms with E-state index in [0.717, 1.165) is 11.1 Å². The molecule has 0 fully saturated rings. The van der Waals surface area contributed by atoms with Gasteiger partial charge in [0.25, 0.3) is 0 Å². The molecule has 72 valence electrons. The first-order chi connectivity index (χ1) is 6.16. The molecule has 0 bridgehead atoms. The van der Waals surface area contributed by atoms with Crippen molar-refractivity contribution in [2.75, 3.05) is 6.61 Å². The molecule has 0 unspecified atom stereocenters. The lowest BCUT2D eigenvalue weighted by Crippen LogP contribution is -2.05. The van der Waals surface area contributed by atoms with Gasteiger partial charge in [0.05, 0.1) is 11.6 Å². The molecule has 1 rings (SSSR count). The Kier molecular flexibility index (Phi) is 3.66. The summed E-state index contributed by atoms with van der Waals surface area (Å²) in [4.78, 5) is 4.41. The largest absolute Gasteiger partial charge is 0.304 e. The molecule has 0 amide bonds. The van der Waals surface area contributed by atoms with E-state index in [-0.39, 0.29) is 5.02 Å². The van der Waals surface area contributed by atoms with Gasteiger partial charge in [-0.2, -0.15) is 0 Å². The number of hydrogen-bond acceptors (Lipinski definition) is 2. The molecule has 1 aromatic carbocycles. The zero-order valence-corrected chi connectivity index (χ0v) is 8.07. The highest BCUT2D eigenvalue weighted by molar-refractivity contribution is 6.31. The van der Waals surface area contributed by atoms with Crippen LogP contribution >= 0.6 is 11.6 Å². The van der Waals surface area contributed by atoms with Gasteiger partial charge in [-0.05, 0) is 30.5 Å². The maximum Gasteiger partial charge on any atom is 0.142 e. The van der Waals surface area contributed by atoms with Crippen molar-refractivity contribution in [3.05, 3.63) is 34.1 Å². The van der Waals surface area contributed by atoms with Crippen LogP contribution in [0.4, 0.5) is 4.39 Å². The van der Waals surface area contributed by atoms with E-state index < -0.39 is 5.82 Å². The van der Waals surface area contributed by atoms with Gasteiger partial charge in [-0.25, -0.2) is 10.3 Å². The Hall–Kier alpha value is -0.640. The van der Waals surface area contributed by atoms with Crippen LogP contribution in [-0.4, -0.2) is 6.61 Å². The lowest BCUT2D eigenvalue weighted by atomic mass is 10.1. The average Bonchev–Trinajstić information content (AvgIpc) is 2.12. The highest BCUT2D eigenvalue weighted by Crippen LogP contribution is 2.23. The van der Waals surface area contributed by atoms with Crippen molar-refractivity contribution >= 4 is 11.6 Å². The Bertz CT molecular complexity index is 304. The maximum atomic E-state index is 13.0. The number of benzene rings is 1. The fourth-order valence-electron chi connectivity index (χ4n) is 1.16. The zero-order valence-electron chi connectivity index (χ0n) is 7.31. The van der Waals surface area contributed by atoms with E-state index in [9.17, 15) is 4.39 Å². The van der Waals surface area contributed by atoms with Crippen LogP contribution in [0.1, 0.15) is 11.1 Å². The average molecular weight is 204 g/mol. The van der Waals surface area contributed by atoms with Crippen LogP contribution in [0.3, 0.4) is 0 Å². The Balaban J connectivity index is 2.96. The zero-order chi connectivity index (χ0) is 9.84. The highest BCUT2D eigenvalue weighted by atomic mass is 35.5. The maximum absolute atomic E-state index is 13.0. The molecule has 0 aliphatic carbocycles. The second-order valence-electron chi connectivity index (χ2n) is 2.78. The number of hydrogen-bond donors (Lipinski definition) is 1. The van der Waals surface area contributed by atoms with Crippen molar-refractivity contribution in [3.8, 4) is 0 Å². The van der Waals surface area contributed by atoms with Crippen molar-refractivity contribution < 1.29 is 9.23 Å². The van der Waals surface area contributed by atoms with Crippen LogP contribution in [0.15, 0.2) is 12.1 Å². The molecule has 0 radical (unpaired) electrons. The third kappa shape index (κ3) is 2.40. The third-order valence-corrected chi connectivity index (χ3v) is 2.31. The Morgan fingerprint density at radius 3 is 2.85 bits per heavy atom. The molecule has 2 nitrogen and oxygen atoms in total. The van der Waals surface area contributed by atoms with E-state index >= 15 is 0 Å². The fraction of sp³-hybridized carbons (Fsp3) is 0.333. The molecule has 0 spiro atoms. The van der Waals surface area contributed by atoms with Crippen molar-refractivity contribution in [3.63, 3.8) is 0 Å². The number of halogens is 2. The number of nitrogens with two attached hydrogens (primary N) is 1. The Labute approximate surface area is 81.4 Å². The molecule has 0 atom stereocenters. The Morgan fingerprint density at radius 1 is 1.54 bits per heavy atom. The second kappa shape index (κ2) is 4.56. The van der Waals surface area contributed by atoms with Crippen LogP contribution in [0.5, 0.6) is 0 Å². The summed E-state index contributed by atoms with van der Waals surface area (Å²) in [6.07, 6.45) is 0.527. The van der Waals surface area contributed by atoms with E-state index in [1.165, 1.54) is 6.07 Å². The van der Waals surface area contributed by atoms with E-state index in [0.29, 0.717) is 13.0 Å². The summed E-state index contributed by atoms with van der Waals surface area (Å²) >= 11 is 5.76. The molecule has 13 heavy (non-hydrogen) atoms. The van der Waals surface area contributed by atoms with Gasteiger partial charge >= 0.3 is 0 Å². The molecule has 2 N–H and O–H groups in total. The first-order valence-corrected chi connectivity index (χ1v) is 4.29. The molecule has 4 heteroatoms. The van der Waals surface area contributed by atoms with Crippen molar-refractivity contribution in [1.82, 2.24) is 0 Å². The van der Waals surface area contributed by atoms with Crippen molar-refractivity contribution in [2.24, 2.45) is 5.90 Å². The quantitative estimate of drug-likeness (QED) is 0.765. The van der Waals surface area contributed by atoms with Crippen molar-refractivity contribution in [1.29, 1.82) is 0 Å². The van der Waals surface area contributed by atoms with Crippen molar-refractivity contribution in [2.45, 2.75) is 13.3 Å². The minimum absolute atomic E-state index is 0.164. The van der Waals surface area contributed by atoms with E-state index in [1.54, 1.807) is 6.07 Å². The predicted octanol–water partition coefficient (Wildman–Crippen LogP) is 2.22. The van der Waals surface area contributed by atoms with Crippen LogP contribution in [0.2, 0.25) is 5.02 Å². The molecule has 0 aliphatic rings. The van der Waals surface area contributed by atoms with E-state index in [2.05, 4.69) is 4.84 Å². The summed E-state index contributed by atoms with van der Waals surface area (Å²) in [6.45, 7) is 2.21. The van der Waals surface area contributed by atoms with Gasteiger partial charge in [0.15, 0.2) is 0 Å². The molecular formula is C9H11ClFNO. The van der Waals surface area contributed by atoms with Crippen LogP contribution in [0, 0.1) is 12.7 Å². The first kappa shape index (κ1) is 10.4. The summed E-state index contributed by atoms with van der Waals surface area (Å²) in [7, 11) is 0. The standard InChI is InChI=1S/C9H11ClFNO/c1-6-2-3-8(11)9(10)7(6)4-5-13-12/h2-3H,4-5,12H2,1H3. The molecule has 1 aromatic rings. The van der Waals surface area contributed by atoms with Gasteiger partial charge in [0, 0.05) is 0 Å². The minimum atomic E-state index is -0.403. The van der Waals surface area contributed by atoms with E-state index in [4.69, 9.17) is 17.5 Å².